The van der Waals surface area contributed by atoms with Crippen molar-refractivity contribution in [3.8, 4) is 0 Å². The lowest BCUT2D eigenvalue weighted by molar-refractivity contribution is 0.0993. The van der Waals surface area contributed by atoms with Crippen molar-refractivity contribution in [1.82, 2.24) is 9.55 Å². The molecule has 0 saturated heterocycles. The maximum atomic E-state index is 12.6. The third kappa shape index (κ3) is 2.96. The standard InChI is InChI=1S/C16H20N2OS/c1-10-8-12(3)14(9-11(10)2)15(19)13(4)20-16-17-6-7-18(16)5/h6-9,13H,1-5H3. The van der Waals surface area contributed by atoms with Gasteiger partial charge in [-0.05, 0) is 50.5 Å². The molecular weight excluding hydrogens is 268 g/mol. The summed E-state index contributed by atoms with van der Waals surface area (Å²) in [6, 6.07) is 4.09. The van der Waals surface area contributed by atoms with E-state index in [1.807, 2.05) is 44.6 Å². The van der Waals surface area contributed by atoms with Crippen molar-refractivity contribution in [3.63, 3.8) is 0 Å². The van der Waals surface area contributed by atoms with Crippen LogP contribution >= 0.6 is 11.8 Å². The first-order valence-electron chi connectivity index (χ1n) is 6.66. The average Bonchev–Trinajstić information content (AvgIpc) is 2.78. The molecule has 0 aliphatic rings. The number of Topliss-reactive ketones (excluding diaryl/α,β-unsaturated/α-hetero) is 1. The van der Waals surface area contributed by atoms with E-state index in [-0.39, 0.29) is 11.0 Å². The Kier molecular flexibility index (Phi) is 4.33. The van der Waals surface area contributed by atoms with E-state index >= 15 is 0 Å². The zero-order valence-electron chi connectivity index (χ0n) is 12.6. The van der Waals surface area contributed by atoms with Gasteiger partial charge >= 0.3 is 0 Å². The van der Waals surface area contributed by atoms with E-state index in [2.05, 4.69) is 18.0 Å². The summed E-state index contributed by atoms with van der Waals surface area (Å²) in [4.78, 5) is 16.9. The highest BCUT2D eigenvalue weighted by Crippen LogP contribution is 2.26. The number of rotatable bonds is 4. The van der Waals surface area contributed by atoms with Crippen LogP contribution in [0.25, 0.3) is 0 Å². The van der Waals surface area contributed by atoms with Crippen molar-refractivity contribution < 1.29 is 4.79 Å². The Morgan fingerprint density at radius 1 is 1.20 bits per heavy atom. The smallest absolute Gasteiger partial charge is 0.176 e. The molecule has 2 aromatic rings. The summed E-state index contributed by atoms with van der Waals surface area (Å²) in [6.07, 6.45) is 3.64. The molecule has 0 radical (unpaired) electrons. The first-order valence-corrected chi connectivity index (χ1v) is 7.54. The van der Waals surface area contributed by atoms with Crippen LogP contribution in [0.3, 0.4) is 0 Å². The molecule has 0 aliphatic carbocycles. The van der Waals surface area contributed by atoms with Crippen molar-refractivity contribution >= 4 is 17.5 Å². The number of hydrogen-bond acceptors (Lipinski definition) is 3. The molecule has 0 saturated carbocycles. The highest BCUT2D eigenvalue weighted by Gasteiger charge is 2.20. The van der Waals surface area contributed by atoms with Gasteiger partial charge < -0.3 is 4.57 Å². The van der Waals surface area contributed by atoms with Gasteiger partial charge in [0, 0.05) is 25.0 Å². The summed E-state index contributed by atoms with van der Waals surface area (Å²) in [7, 11) is 1.94. The lowest BCUT2D eigenvalue weighted by atomic mass is 9.97. The number of imidazole rings is 1. The third-order valence-corrected chi connectivity index (χ3v) is 4.71. The highest BCUT2D eigenvalue weighted by molar-refractivity contribution is 8.00. The van der Waals surface area contributed by atoms with E-state index in [1.165, 1.54) is 17.3 Å². The number of aryl methyl sites for hydroxylation is 4. The van der Waals surface area contributed by atoms with Crippen molar-refractivity contribution in [3.05, 3.63) is 46.8 Å². The average molecular weight is 288 g/mol. The fraction of sp³-hybridized carbons (Fsp3) is 0.375. The Bertz CT molecular complexity index is 646. The molecule has 3 nitrogen and oxygen atoms in total. The molecule has 1 unspecified atom stereocenters. The molecule has 1 heterocycles. The minimum atomic E-state index is -0.142. The van der Waals surface area contributed by atoms with Crippen LogP contribution in [0.1, 0.15) is 34.0 Å². The fourth-order valence-electron chi connectivity index (χ4n) is 2.12. The van der Waals surface area contributed by atoms with Crippen LogP contribution in [-0.2, 0) is 7.05 Å². The zero-order chi connectivity index (χ0) is 14.9. The molecule has 1 atom stereocenters. The van der Waals surface area contributed by atoms with Crippen LogP contribution in [0.15, 0.2) is 29.7 Å². The number of ketones is 1. The summed E-state index contributed by atoms with van der Waals surface area (Å²) >= 11 is 1.50. The monoisotopic (exact) mass is 288 g/mol. The highest BCUT2D eigenvalue weighted by atomic mass is 32.2. The molecule has 1 aromatic heterocycles. The molecule has 0 fully saturated rings. The summed E-state index contributed by atoms with van der Waals surface area (Å²) in [5, 5.41) is 0.726. The Morgan fingerprint density at radius 2 is 1.85 bits per heavy atom. The number of aromatic nitrogens is 2. The molecule has 0 N–H and O–H groups in total. The maximum absolute atomic E-state index is 12.6. The van der Waals surface area contributed by atoms with Gasteiger partial charge in [0.25, 0.3) is 0 Å². The molecule has 0 amide bonds. The molecule has 106 valence electrons. The minimum absolute atomic E-state index is 0.142. The lowest BCUT2D eigenvalue weighted by Gasteiger charge is -2.13. The molecule has 4 heteroatoms. The van der Waals surface area contributed by atoms with Gasteiger partial charge in [0.15, 0.2) is 10.9 Å². The van der Waals surface area contributed by atoms with Crippen LogP contribution in [0.5, 0.6) is 0 Å². The van der Waals surface area contributed by atoms with Gasteiger partial charge in [0.05, 0.1) is 5.25 Å². The molecule has 0 bridgehead atoms. The second kappa shape index (κ2) is 5.83. The predicted octanol–water partition coefficient (Wildman–Crippen LogP) is 3.71. The Hall–Kier alpha value is -1.55. The first kappa shape index (κ1) is 14.9. The van der Waals surface area contributed by atoms with Crippen LogP contribution in [0.4, 0.5) is 0 Å². The molecule has 0 aliphatic heterocycles. The summed E-state index contributed by atoms with van der Waals surface area (Å²) in [5.41, 5.74) is 4.25. The molecule has 20 heavy (non-hydrogen) atoms. The van der Waals surface area contributed by atoms with Gasteiger partial charge in [-0.2, -0.15) is 0 Å². The quantitative estimate of drug-likeness (QED) is 0.635. The van der Waals surface area contributed by atoms with Gasteiger partial charge in [-0.15, -0.1) is 0 Å². The number of hydrogen-bond donors (Lipinski definition) is 0. The van der Waals surface area contributed by atoms with Crippen LogP contribution in [-0.4, -0.2) is 20.6 Å². The molecular formula is C16H20N2OS. The van der Waals surface area contributed by atoms with Gasteiger partial charge in [0.1, 0.15) is 0 Å². The predicted molar refractivity (Wildman–Crippen MR) is 83.5 cm³/mol. The van der Waals surface area contributed by atoms with Crippen LogP contribution in [0, 0.1) is 20.8 Å². The number of carbonyl (C=O) groups excluding carboxylic acids is 1. The van der Waals surface area contributed by atoms with E-state index in [4.69, 9.17) is 0 Å². The van der Waals surface area contributed by atoms with Crippen molar-refractivity contribution in [2.75, 3.05) is 0 Å². The van der Waals surface area contributed by atoms with Crippen LogP contribution < -0.4 is 0 Å². The number of carbonyl (C=O) groups is 1. The third-order valence-electron chi connectivity index (χ3n) is 3.53. The van der Waals surface area contributed by atoms with E-state index in [0.717, 1.165) is 21.8 Å². The van der Waals surface area contributed by atoms with Crippen molar-refractivity contribution in [2.45, 2.75) is 38.1 Å². The van der Waals surface area contributed by atoms with Gasteiger partial charge in [-0.25, -0.2) is 4.98 Å². The van der Waals surface area contributed by atoms with Gasteiger partial charge in [-0.1, -0.05) is 17.8 Å². The summed E-state index contributed by atoms with van der Waals surface area (Å²) < 4.78 is 1.93. The number of nitrogens with zero attached hydrogens (tertiary/aromatic N) is 2. The Labute approximate surface area is 124 Å². The normalized spacial score (nSPS) is 12.4. The van der Waals surface area contributed by atoms with Crippen molar-refractivity contribution in [2.24, 2.45) is 7.05 Å². The lowest BCUT2D eigenvalue weighted by Crippen LogP contribution is -2.16. The van der Waals surface area contributed by atoms with Gasteiger partial charge in [-0.3, -0.25) is 4.79 Å². The minimum Gasteiger partial charge on any atom is -0.329 e. The maximum Gasteiger partial charge on any atom is 0.176 e. The second-order valence-electron chi connectivity index (χ2n) is 5.20. The molecule has 2 rings (SSSR count). The van der Waals surface area contributed by atoms with Gasteiger partial charge in [0.2, 0.25) is 0 Å². The van der Waals surface area contributed by atoms with E-state index in [1.54, 1.807) is 6.20 Å². The largest absolute Gasteiger partial charge is 0.329 e. The summed E-state index contributed by atoms with van der Waals surface area (Å²) in [5.74, 6) is 0.165. The van der Waals surface area contributed by atoms with Crippen LogP contribution in [0.2, 0.25) is 0 Å². The van der Waals surface area contributed by atoms with E-state index in [9.17, 15) is 4.79 Å². The molecule has 1 aromatic carbocycles. The van der Waals surface area contributed by atoms with E-state index in [0.29, 0.717) is 0 Å². The fourth-order valence-corrected chi connectivity index (χ4v) is 3.02. The Balaban J connectivity index is 2.23. The topological polar surface area (TPSA) is 34.9 Å². The zero-order valence-corrected chi connectivity index (χ0v) is 13.4. The second-order valence-corrected chi connectivity index (χ2v) is 6.50. The SMILES string of the molecule is Cc1cc(C)c(C(=O)C(C)Sc2nccn2C)cc1C. The number of thioether (sulfide) groups is 1. The first-order chi connectivity index (χ1) is 9.40. The van der Waals surface area contributed by atoms with Crippen molar-refractivity contribution in [1.29, 1.82) is 0 Å². The molecule has 0 spiro atoms. The summed E-state index contributed by atoms with van der Waals surface area (Å²) in [6.45, 7) is 8.05. The number of benzene rings is 1. The van der Waals surface area contributed by atoms with E-state index < -0.39 is 0 Å². The Morgan fingerprint density at radius 3 is 2.45 bits per heavy atom.